The van der Waals surface area contributed by atoms with Gasteiger partial charge in [0, 0.05) is 4.47 Å². The van der Waals surface area contributed by atoms with Gasteiger partial charge >= 0.3 is 5.97 Å². The predicted molar refractivity (Wildman–Crippen MR) is 140 cm³/mol. The summed E-state index contributed by atoms with van der Waals surface area (Å²) in [5, 5.41) is 3.97. The van der Waals surface area contributed by atoms with Crippen LogP contribution in [0.25, 0.3) is 0 Å². The van der Waals surface area contributed by atoms with E-state index in [9.17, 15) is 9.59 Å². The van der Waals surface area contributed by atoms with Crippen LogP contribution in [0.15, 0.2) is 76.3 Å². The Morgan fingerprint density at radius 3 is 2.36 bits per heavy atom. The summed E-state index contributed by atoms with van der Waals surface area (Å²) >= 11 is 3.35. The Morgan fingerprint density at radius 2 is 1.69 bits per heavy atom. The molecule has 0 aliphatic carbocycles. The van der Waals surface area contributed by atoms with Crippen molar-refractivity contribution in [1.82, 2.24) is 5.43 Å². The van der Waals surface area contributed by atoms with Crippen LogP contribution in [-0.2, 0) is 4.79 Å². The minimum Gasteiger partial charge on any atom is -0.494 e. The molecule has 0 fully saturated rings. The zero-order valence-corrected chi connectivity index (χ0v) is 21.8. The number of methoxy groups -OCH3 is 1. The van der Waals surface area contributed by atoms with Crippen molar-refractivity contribution in [2.75, 3.05) is 13.7 Å². The number of halogens is 1. The number of ether oxygens (including phenoxy) is 4. The molecule has 3 rings (SSSR count). The highest BCUT2D eigenvalue weighted by molar-refractivity contribution is 9.10. The molecule has 1 atom stereocenters. The fourth-order valence-corrected chi connectivity index (χ4v) is 3.21. The lowest BCUT2D eigenvalue weighted by molar-refractivity contribution is -0.127. The van der Waals surface area contributed by atoms with Gasteiger partial charge in [-0.2, -0.15) is 5.10 Å². The number of carbonyl (C=O) groups is 2. The molecule has 36 heavy (non-hydrogen) atoms. The maximum absolute atomic E-state index is 12.5. The number of esters is 1. The molecule has 3 aromatic rings. The van der Waals surface area contributed by atoms with Gasteiger partial charge in [-0.15, -0.1) is 0 Å². The second kappa shape index (κ2) is 13.3. The number of carbonyl (C=O) groups excluding carboxylic acids is 2. The van der Waals surface area contributed by atoms with Crippen molar-refractivity contribution in [3.05, 3.63) is 82.3 Å². The number of hydrogen-bond donors (Lipinski definition) is 1. The molecule has 9 heteroatoms. The smallest absolute Gasteiger partial charge is 0.343 e. The Bertz CT molecular complexity index is 1200. The van der Waals surface area contributed by atoms with Gasteiger partial charge in [0.25, 0.3) is 5.91 Å². The lowest BCUT2D eigenvalue weighted by Crippen LogP contribution is -2.33. The van der Waals surface area contributed by atoms with Crippen molar-refractivity contribution < 1.29 is 28.5 Å². The molecule has 1 N–H and O–H groups in total. The highest BCUT2D eigenvalue weighted by atomic mass is 79.9. The molecular formula is C27H27BrN2O6. The Hall–Kier alpha value is -3.85. The van der Waals surface area contributed by atoms with Crippen molar-refractivity contribution in [3.63, 3.8) is 0 Å². The zero-order chi connectivity index (χ0) is 25.9. The molecule has 0 heterocycles. The van der Waals surface area contributed by atoms with E-state index >= 15 is 0 Å². The van der Waals surface area contributed by atoms with Crippen LogP contribution in [-0.4, -0.2) is 37.9 Å². The first kappa shape index (κ1) is 26.7. The Kier molecular flexibility index (Phi) is 9.88. The number of nitrogens with zero attached hydrogens (tertiary/aromatic N) is 1. The highest BCUT2D eigenvalue weighted by Gasteiger charge is 2.15. The molecule has 8 nitrogen and oxygen atoms in total. The molecule has 3 aromatic carbocycles. The van der Waals surface area contributed by atoms with Crippen LogP contribution in [0.3, 0.4) is 0 Å². The third-order valence-corrected chi connectivity index (χ3v) is 5.37. The third-order valence-electron chi connectivity index (χ3n) is 4.84. The topological polar surface area (TPSA) is 95.5 Å². The van der Waals surface area contributed by atoms with Crippen molar-refractivity contribution >= 4 is 34.0 Å². The number of nitrogens with one attached hydrogen (secondary N) is 1. The van der Waals surface area contributed by atoms with E-state index < -0.39 is 18.0 Å². The standard InChI is InChI=1S/C27H27BrN2O6/c1-4-15-34-22-10-6-20(7-11-22)27(32)36-24-14-5-19(16-25(24)33-3)17-29-30-26(31)18(2)35-23-12-8-21(28)9-13-23/h5-14,16-18H,4,15H2,1-3H3,(H,30,31)/b29-17-/t18-/m0/s1. The molecule has 188 valence electrons. The van der Waals surface area contributed by atoms with Crippen LogP contribution in [0.1, 0.15) is 36.2 Å². The van der Waals surface area contributed by atoms with Crippen molar-refractivity contribution in [1.29, 1.82) is 0 Å². The van der Waals surface area contributed by atoms with E-state index in [0.717, 1.165) is 10.9 Å². The molecule has 0 aliphatic rings. The SMILES string of the molecule is CCCOc1ccc(C(=O)Oc2ccc(/C=N\NC(=O)[C@H](C)Oc3ccc(Br)cc3)cc2OC)cc1. The van der Waals surface area contributed by atoms with Gasteiger partial charge in [0.1, 0.15) is 11.5 Å². The largest absolute Gasteiger partial charge is 0.494 e. The number of amides is 1. The van der Waals surface area contributed by atoms with Gasteiger partial charge in [-0.25, -0.2) is 10.2 Å². The van der Waals surface area contributed by atoms with E-state index in [0.29, 0.717) is 35.0 Å². The van der Waals surface area contributed by atoms with Gasteiger partial charge < -0.3 is 18.9 Å². The second-order valence-electron chi connectivity index (χ2n) is 7.62. The quantitative estimate of drug-likeness (QED) is 0.148. The van der Waals surface area contributed by atoms with Crippen LogP contribution < -0.4 is 24.4 Å². The monoisotopic (exact) mass is 554 g/mol. The molecule has 1 amide bonds. The van der Waals surface area contributed by atoms with Gasteiger partial charge in [0.05, 0.1) is 25.5 Å². The summed E-state index contributed by atoms with van der Waals surface area (Å²) < 4.78 is 22.9. The average Bonchev–Trinajstić information content (AvgIpc) is 2.89. The van der Waals surface area contributed by atoms with Crippen molar-refractivity contribution in [3.8, 4) is 23.0 Å². The molecule has 0 spiro atoms. The first-order valence-electron chi connectivity index (χ1n) is 11.3. The van der Waals surface area contributed by atoms with E-state index in [1.807, 2.05) is 19.1 Å². The van der Waals surface area contributed by atoms with Crippen LogP contribution in [0.4, 0.5) is 0 Å². The van der Waals surface area contributed by atoms with Gasteiger partial charge in [-0.05, 0) is 85.6 Å². The van der Waals surface area contributed by atoms with Crippen molar-refractivity contribution in [2.45, 2.75) is 26.4 Å². The zero-order valence-electron chi connectivity index (χ0n) is 20.2. The van der Waals surface area contributed by atoms with Gasteiger partial charge in [-0.3, -0.25) is 4.79 Å². The van der Waals surface area contributed by atoms with E-state index in [1.54, 1.807) is 61.5 Å². The molecule has 0 aliphatic heterocycles. The number of hydrogen-bond acceptors (Lipinski definition) is 7. The summed E-state index contributed by atoms with van der Waals surface area (Å²) in [7, 11) is 1.47. The Morgan fingerprint density at radius 1 is 1.00 bits per heavy atom. The molecule has 0 saturated carbocycles. The maximum Gasteiger partial charge on any atom is 0.343 e. The van der Waals surface area contributed by atoms with E-state index in [4.69, 9.17) is 18.9 Å². The third kappa shape index (κ3) is 7.84. The van der Waals surface area contributed by atoms with Crippen LogP contribution in [0.2, 0.25) is 0 Å². The minimum atomic E-state index is -0.744. The lowest BCUT2D eigenvalue weighted by Gasteiger charge is -2.13. The Balaban J connectivity index is 1.57. The van der Waals surface area contributed by atoms with E-state index in [2.05, 4.69) is 26.5 Å². The highest BCUT2D eigenvalue weighted by Crippen LogP contribution is 2.28. The summed E-state index contributed by atoms with van der Waals surface area (Å²) in [6.45, 7) is 4.26. The van der Waals surface area contributed by atoms with E-state index in [-0.39, 0.29) is 5.75 Å². The predicted octanol–water partition coefficient (Wildman–Crippen LogP) is 5.38. The van der Waals surface area contributed by atoms with Crippen molar-refractivity contribution in [2.24, 2.45) is 5.10 Å². The summed E-state index contributed by atoms with van der Waals surface area (Å²) in [5.41, 5.74) is 3.46. The summed E-state index contributed by atoms with van der Waals surface area (Å²) in [6, 6.07) is 18.8. The van der Waals surface area contributed by atoms with Gasteiger partial charge in [-0.1, -0.05) is 22.9 Å². The molecular weight excluding hydrogens is 528 g/mol. The maximum atomic E-state index is 12.5. The van der Waals surface area contributed by atoms with Crippen LogP contribution in [0, 0.1) is 0 Å². The van der Waals surface area contributed by atoms with Gasteiger partial charge in [0.15, 0.2) is 17.6 Å². The Labute approximate surface area is 218 Å². The molecule has 0 aromatic heterocycles. The van der Waals surface area contributed by atoms with Gasteiger partial charge in [0.2, 0.25) is 0 Å². The summed E-state index contributed by atoms with van der Waals surface area (Å²) in [5.74, 6) is 0.929. The molecule has 0 radical (unpaired) electrons. The first-order chi connectivity index (χ1) is 17.4. The fraction of sp³-hybridized carbons (Fsp3) is 0.222. The molecule has 0 unspecified atom stereocenters. The fourth-order valence-electron chi connectivity index (χ4n) is 2.95. The van der Waals surface area contributed by atoms with Crippen LogP contribution in [0.5, 0.6) is 23.0 Å². The summed E-state index contributed by atoms with van der Waals surface area (Å²) in [6.07, 6.45) is 1.61. The minimum absolute atomic E-state index is 0.256. The van der Waals surface area contributed by atoms with Crippen LogP contribution >= 0.6 is 15.9 Å². The number of hydrazone groups is 1. The lowest BCUT2D eigenvalue weighted by atomic mass is 10.2. The normalized spacial score (nSPS) is 11.6. The number of rotatable bonds is 11. The molecule has 0 bridgehead atoms. The molecule has 0 saturated heterocycles. The second-order valence-corrected chi connectivity index (χ2v) is 8.54. The summed E-state index contributed by atoms with van der Waals surface area (Å²) in [4.78, 5) is 24.8. The average molecular weight is 555 g/mol. The van der Waals surface area contributed by atoms with E-state index in [1.165, 1.54) is 13.3 Å². The first-order valence-corrected chi connectivity index (χ1v) is 12.1. The number of benzene rings is 3.